The van der Waals surface area contributed by atoms with Gasteiger partial charge in [0.2, 0.25) is 5.91 Å². The van der Waals surface area contributed by atoms with Gasteiger partial charge in [-0.1, -0.05) is 47.5 Å². The van der Waals surface area contributed by atoms with Crippen LogP contribution in [0.2, 0.25) is 5.02 Å². The maximum absolute atomic E-state index is 13.9. The number of aromatic nitrogens is 2. The van der Waals surface area contributed by atoms with E-state index in [4.69, 9.17) is 16.6 Å². The molecule has 1 N–H and O–H groups in total. The molecule has 5 rings (SSSR count). The Balaban J connectivity index is 1.69. The van der Waals surface area contributed by atoms with Crippen LogP contribution in [0.3, 0.4) is 0 Å². The second-order valence-corrected chi connectivity index (χ2v) is 10.0. The van der Waals surface area contributed by atoms with Crippen LogP contribution in [0.5, 0.6) is 0 Å². The molecule has 33 heavy (non-hydrogen) atoms. The highest BCUT2D eigenvalue weighted by Gasteiger charge is 2.27. The number of hydrogen-bond donors (Lipinski definition) is 1. The number of anilines is 1. The third-order valence-corrected chi connectivity index (χ3v) is 7.71. The number of nitrogens with zero attached hydrogens (tertiary/aromatic N) is 2. The van der Waals surface area contributed by atoms with Crippen molar-refractivity contribution in [2.75, 3.05) is 5.32 Å². The van der Waals surface area contributed by atoms with E-state index < -0.39 is 6.04 Å². The van der Waals surface area contributed by atoms with Crippen molar-refractivity contribution in [2.24, 2.45) is 0 Å². The summed E-state index contributed by atoms with van der Waals surface area (Å²) in [6.45, 7) is 3.74. The molecule has 1 unspecified atom stereocenters. The van der Waals surface area contributed by atoms with E-state index in [0.29, 0.717) is 21.9 Å². The first kappa shape index (κ1) is 21.9. The van der Waals surface area contributed by atoms with Gasteiger partial charge in [-0.3, -0.25) is 14.2 Å². The molecule has 0 fully saturated rings. The molecule has 0 saturated carbocycles. The predicted molar refractivity (Wildman–Crippen MR) is 135 cm³/mol. The van der Waals surface area contributed by atoms with Gasteiger partial charge < -0.3 is 5.32 Å². The lowest BCUT2D eigenvalue weighted by molar-refractivity contribution is -0.118. The smallest absolute Gasteiger partial charge is 0.263 e. The van der Waals surface area contributed by atoms with Gasteiger partial charge in [0.05, 0.1) is 16.1 Å². The molecule has 4 aromatic rings. The Labute approximate surface area is 201 Å². The van der Waals surface area contributed by atoms with E-state index in [-0.39, 0.29) is 11.5 Å². The number of para-hydroxylation sites is 1. The second kappa shape index (κ2) is 8.76. The van der Waals surface area contributed by atoms with Gasteiger partial charge in [-0.05, 0) is 63.3 Å². The van der Waals surface area contributed by atoms with E-state index in [1.54, 1.807) is 41.0 Å². The number of nitrogens with one attached hydrogen (secondary N) is 1. The number of carbonyl (C=O) groups is 1. The number of thiophene rings is 1. The zero-order valence-corrected chi connectivity index (χ0v) is 20.1. The van der Waals surface area contributed by atoms with Crippen LogP contribution < -0.4 is 10.9 Å². The molecule has 1 amide bonds. The van der Waals surface area contributed by atoms with Gasteiger partial charge in [-0.25, -0.2) is 4.98 Å². The van der Waals surface area contributed by atoms with Crippen LogP contribution in [0.4, 0.5) is 5.69 Å². The highest BCUT2D eigenvalue weighted by molar-refractivity contribution is 7.18. The molecule has 1 aliphatic rings. The lowest BCUT2D eigenvalue weighted by Gasteiger charge is -2.20. The van der Waals surface area contributed by atoms with E-state index in [2.05, 4.69) is 5.32 Å². The average Bonchev–Trinajstić information content (AvgIpc) is 3.19. The van der Waals surface area contributed by atoms with Crippen LogP contribution in [0.1, 0.15) is 41.8 Å². The molecule has 5 nitrogen and oxygen atoms in total. The minimum atomic E-state index is -0.777. The van der Waals surface area contributed by atoms with Crippen LogP contribution >= 0.6 is 22.9 Å². The Morgan fingerprint density at radius 3 is 2.73 bits per heavy atom. The van der Waals surface area contributed by atoms with Gasteiger partial charge >= 0.3 is 0 Å². The van der Waals surface area contributed by atoms with Crippen molar-refractivity contribution in [3.8, 4) is 11.4 Å². The van der Waals surface area contributed by atoms with E-state index in [0.717, 1.165) is 47.2 Å². The molecule has 0 aliphatic heterocycles. The number of fused-ring (bicyclic) bond motifs is 3. The molecule has 0 spiro atoms. The van der Waals surface area contributed by atoms with Crippen molar-refractivity contribution in [1.29, 1.82) is 0 Å². The number of rotatable bonds is 4. The summed E-state index contributed by atoms with van der Waals surface area (Å²) in [5, 5.41) is 3.99. The van der Waals surface area contributed by atoms with Crippen LogP contribution in [-0.4, -0.2) is 15.5 Å². The van der Waals surface area contributed by atoms with Gasteiger partial charge in [0.1, 0.15) is 16.7 Å². The van der Waals surface area contributed by atoms with Crippen molar-refractivity contribution < 1.29 is 4.79 Å². The van der Waals surface area contributed by atoms with Crippen molar-refractivity contribution in [1.82, 2.24) is 9.55 Å². The fraction of sp³-hybridized carbons (Fsp3) is 0.269. The first-order valence-corrected chi connectivity index (χ1v) is 12.3. The number of carbonyl (C=O) groups excluding carboxylic acids is 1. The van der Waals surface area contributed by atoms with Gasteiger partial charge in [0.25, 0.3) is 5.56 Å². The van der Waals surface area contributed by atoms with Crippen LogP contribution in [0.25, 0.3) is 21.6 Å². The first-order chi connectivity index (χ1) is 15.9. The molecular weight excluding hydrogens is 454 g/mol. The lowest BCUT2D eigenvalue weighted by atomic mass is 9.97. The molecule has 1 atom stereocenters. The fourth-order valence-corrected chi connectivity index (χ4v) is 5.92. The Morgan fingerprint density at radius 2 is 1.94 bits per heavy atom. The van der Waals surface area contributed by atoms with Crippen molar-refractivity contribution in [2.45, 2.75) is 45.6 Å². The van der Waals surface area contributed by atoms with Crippen molar-refractivity contribution in [3.05, 3.63) is 79.9 Å². The summed E-state index contributed by atoms with van der Waals surface area (Å²) in [5.74, 6) is 0.195. The van der Waals surface area contributed by atoms with Gasteiger partial charge in [-0.2, -0.15) is 0 Å². The number of aryl methyl sites for hydroxylation is 3. The Kier molecular flexibility index (Phi) is 5.81. The number of hydrogen-bond acceptors (Lipinski definition) is 4. The molecule has 0 radical (unpaired) electrons. The fourth-order valence-electron chi connectivity index (χ4n) is 4.48. The predicted octanol–water partition coefficient (Wildman–Crippen LogP) is 6.17. The van der Waals surface area contributed by atoms with Crippen molar-refractivity contribution >= 4 is 44.7 Å². The molecule has 7 heteroatoms. The molecule has 0 bridgehead atoms. The molecular formula is C26H24ClN3O2S. The molecule has 2 aromatic carbocycles. The summed E-state index contributed by atoms with van der Waals surface area (Å²) in [5.41, 5.74) is 3.35. The number of benzene rings is 2. The molecule has 168 valence electrons. The maximum Gasteiger partial charge on any atom is 0.263 e. The summed E-state index contributed by atoms with van der Waals surface area (Å²) < 4.78 is 1.55. The van der Waals surface area contributed by atoms with E-state index in [1.165, 1.54) is 4.88 Å². The standard InChI is InChI=1S/C26H24ClN3O2S/c1-15-8-7-9-17(14-15)23-29-25-22(18-10-3-6-13-21(18)33-25)26(32)30(23)16(2)24(31)28-20-12-5-4-11-19(20)27/h4-5,7-9,11-12,14,16H,3,6,10,13H2,1-2H3,(H,28,31). The number of amides is 1. The van der Waals surface area contributed by atoms with Crippen LogP contribution in [-0.2, 0) is 17.6 Å². The average molecular weight is 478 g/mol. The summed E-state index contributed by atoms with van der Waals surface area (Å²) >= 11 is 7.86. The first-order valence-electron chi connectivity index (χ1n) is 11.1. The minimum Gasteiger partial charge on any atom is -0.323 e. The monoisotopic (exact) mass is 477 g/mol. The maximum atomic E-state index is 13.9. The van der Waals surface area contributed by atoms with Gasteiger partial charge in [0, 0.05) is 10.4 Å². The van der Waals surface area contributed by atoms with E-state index >= 15 is 0 Å². The third kappa shape index (κ3) is 3.98. The minimum absolute atomic E-state index is 0.155. The van der Waals surface area contributed by atoms with E-state index in [1.807, 2.05) is 37.3 Å². The highest BCUT2D eigenvalue weighted by atomic mass is 35.5. The van der Waals surface area contributed by atoms with Crippen LogP contribution in [0, 0.1) is 6.92 Å². The molecule has 0 saturated heterocycles. The lowest BCUT2D eigenvalue weighted by Crippen LogP contribution is -2.33. The Hall–Kier alpha value is -2.96. The zero-order valence-electron chi connectivity index (χ0n) is 18.5. The van der Waals surface area contributed by atoms with E-state index in [9.17, 15) is 9.59 Å². The molecule has 1 aliphatic carbocycles. The summed E-state index contributed by atoms with van der Waals surface area (Å²) in [6, 6.07) is 14.2. The van der Waals surface area contributed by atoms with Crippen molar-refractivity contribution in [3.63, 3.8) is 0 Å². The SMILES string of the molecule is Cc1cccc(-c2nc3sc4c(c3c(=O)n2C(C)C(=O)Nc2ccccc2Cl)CCCC4)c1. The second-order valence-electron chi connectivity index (χ2n) is 8.52. The summed E-state index contributed by atoms with van der Waals surface area (Å²) in [6.07, 6.45) is 4.07. The zero-order chi connectivity index (χ0) is 23.1. The Bertz CT molecular complexity index is 1440. The largest absolute Gasteiger partial charge is 0.323 e. The number of halogens is 1. The Morgan fingerprint density at radius 1 is 1.15 bits per heavy atom. The third-order valence-electron chi connectivity index (χ3n) is 6.20. The highest BCUT2D eigenvalue weighted by Crippen LogP contribution is 2.35. The summed E-state index contributed by atoms with van der Waals surface area (Å²) in [4.78, 5) is 34.2. The van der Waals surface area contributed by atoms with Gasteiger partial charge in [0.15, 0.2) is 0 Å². The van der Waals surface area contributed by atoms with Gasteiger partial charge in [-0.15, -0.1) is 11.3 Å². The summed E-state index contributed by atoms with van der Waals surface area (Å²) in [7, 11) is 0. The molecule has 2 aromatic heterocycles. The quantitative estimate of drug-likeness (QED) is 0.382. The normalized spacial score (nSPS) is 14.2. The topological polar surface area (TPSA) is 64.0 Å². The van der Waals surface area contributed by atoms with Crippen LogP contribution in [0.15, 0.2) is 53.3 Å². The molecule has 2 heterocycles.